The Balaban J connectivity index is 1.55. The number of hydrogen-bond donors (Lipinski definition) is 1. The third kappa shape index (κ3) is 4.41. The van der Waals surface area contributed by atoms with E-state index in [2.05, 4.69) is 58.7 Å². The summed E-state index contributed by atoms with van der Waals surface area (Å²) in [6, 6.07) is 17.5. The van der Waals surface area contributed by atoms with Crippen molar-refractivity contribution in [3.63, 3.8) is 0 Å². The van der Waals surface area contributed by atoms with E-state index in [0.717, 1.165) is 25.9 Å². The molecule has 0 unspecified atom stereocenters. The molecule has 1 heterocycles. The summed E-state index contributed by atoms with van der Waals surface area (Å²) in [5, 5.41) is 3.01. The molecule has 3 rings (SSSR count). The number of amides is 1. The van der Waals surface area contributed by atoms with Crippen LogP contribution in [0.3, 0.4) is 0 Å². The number of anilines is 1. The predicted octanol–water partition coefficient (Wildman–Crippen LogP) is 3.95. The zero-order chi connectivity index (χ0) is 17.9. The quantitative estimate of drug-likeness (QED) is 0.917. The smallest absolute Gasteiger partial charge is 0.225 e. The number of carbonyl (C=O) groups is 1. The lowest BCUT2D eigenvalue weighted by atomic mass is 9.95. The lowest BCUT2D eigenvalue weighted by Crippen LogP contribution is -2.35. The Morgan fingerprint density at radius 3 is 2.40 bits per heavy atom. The van der Waals surface area contributed by atoms with Crippen molar-refractivity contribution >= 4 is 11.6 Å². The van der Waals surface area contributed by atoms with E-state index in [9.17, 15) is 4.79 Å². The van der Waals surface area contributed by atoms with E-state index in [1.807, 2.05) is 20.8 Å². The molecule has 1 aliphatic rings. The normalized spacial score (nSPS) is 14.1. The molecule has 0 bridgehead atoms. The van der Waals surface area contributed by atoms with Crippen LogP contribution in [0.4, 0.5) is 5.69 Å². The minimum Gasteiger partial charge on any atom is -0.367 e. The lowest BCUT2D eigenvalue weighted by molar-refractivity contribution is -0.128. The predicted molar refractivity (Wildman–Crippen MR) is 104 cm³/mol. The van der Waals surface area contributed by atoms with Crippen LogP contribution in [0.2, 0.25) is 0 Å². The van der Waals surface area contributed by atoms with E-state index in [0.29, 0.717) is 6.54 Å². The molecule has 0 saturated carbocycles. The van der Waals surface area contributed by atoms with Crippen molar-refractivity contribution in [3.05, 3.63) is 65.2 Å². The second-order valence-corrected chi connectivity index (χ2v) is 7.86. The third-order valence-corrected chi connectivity index (χ3v) is 4.81. The third-order valence-electron chi connectivity index (χ3n) is 4.81. The van der Waals surface area contributed by atoms with Gasteiger partial charge < -0.3 is 10.2 Å². The molecule has 25 heavy (non-hydrogen) atoms. The van der Waals surface area contributed by atoms with Gasteiger partial charge in [0.05, 0.1) is 0 Å². The van der Waals surface area contributed by atoms with Gasteiger partial charge in [0, 0.05) is 30.7 Å². The highest BCUT2D eigenvalue weighted by atomic mass is 16.2. The van der Waals surface area contributed by atoms with Gasteiger partial charge in [-0.3, -0.25) is 4.79 Å². The van der Waals surface area contributed by atoms with Crippen LogP contribution in [-0.4, -0.2) is 19.0 Å². The van der Waals surface area contributed by atoms with Crippen molar-refractivity contribution in [1.82, 2.24) is 5.32 Å². The Hall–Kier alpha value is -2.29. The van der Waals surface area contributed by atoms with Crippen molar-refractivity contribution < 1.29 is 4.79 Å². The Morgan fingerprint density at radius 2 is 1.72 bits per heavy atom. The molecule has 0 saturated heterocycles. The van der Waals surface area contributed by atoms with Crippen LogP contribution in [-0.2, 0) is 24.2 Å². The SMILES string of the molecule is CC(C)(C)C(=O)NCCc1ccc(N2CCc3ccccc3C2)cc1. The van der Waals surface area contributed by atoms with Gasteiger partial charge in [0.25, 0.3) is 0 Å². The summed E-state index contributed by atoms with van der Waals surface area (Å²) in [6.45, 7) is 8.55. The molecule has 3 nitrogen and oxygen atoms in total. The molecule has 1 N–H and O–H groups in total. The molecule has 1 amide bonds. The van der Waals surface area contributed by atoms with Gasteiger partial charge in [-0.1, -0.05) is 57.2 Å². The summed E-state index contributed by atoms with van der Waals surface area (Å²) in [5.41, 5.74) is 5.12. The zero-order valence-corrected chi connectivity index (χ0v) is 15.5. The van der Waals surface area contributed by atoms with Gasteiger partial charge in [-0.15, -0.1) is 0 Å². The molecular formula is C22H28N2O. The summed E-state index contributed by atoms with van der Waals surface area (Å²) in [7, 11) is 0. The molecule has 0 atom stereocenters. The van der Waals surface area contributed by atoms with Crippen molar-refractivity contribution in [2.45, 2.75) is 40.2 Å². The molecular weight excluding hydrogens is 308 g/mol. The summed E-state index contributed by atoms with van der Waals surface area (Å²) in [6.07, 6.45) is 1.97. The largest absolute Gasteiger partial charge is 0.367 e. The number of benzene rings is 2. The molecule has 2 aromatic carbocycles. The van der Waals surface area contributed by atoms with Crippen molar-refractivity contribution in [2.75, 3.05) is 18.0 Å². The monoisotopic (exact) mass is 336 g/mol. The standard InChI is InChI=1S/C22H28N2O/c1-22(2,3)21(25)23-14-12-17-8-10-20(11-9-17)24-15-13-18-6-4-5-7-19(18)16-24/h4-11H,12-16H2,1-3H3,(H,23,25). The molecule has 2 aromatic rings. The lowest BCUT2D eigenvalue weighted by Gasteiger charge is -2.30. The molecule has 1 aliphatic heterocycles. The molecule has 132 valence electrons. The van der Waals surface area contributed by atoms with Gasteiger partial charge in [0.15, 0.2) is 0 Å². The highest BCUT2D eigenvalue weighted by molar-refractivity contribution is 5.81. The molecule has 0 fully saturated rings. The molecule has 0 aromatic heterocycles. The number of fused-ring (bicyclic) bond motifs is 1. The minimum absolute atomic E-state index is 0.108. The van der Waals surface area contributed by atoms with Gasteiger partial charge in [0.1, 0.15) is 0 Å². The van der Waals surface area contributed by atoms with E-state index in [4.69, 9.17) is 0 Å². The van der Waals surface area contributed by atoms with E-state index in [-0.39, 0.29) is 11.3 Å². The summed E-state index contributed by atoms with van der Waals surface area (Å²) in [5.74, 6) is 0.108. The average Bonchev–Trinajstić information content (AvgIpc) is 2.61. The first-order valence-corrected chi connectivity index (χ1v) is 9.12. The molecule has 3 heteroatoms. The summed E-state index contributed by atoms with van der Waals surface area (Å²) in [4.78, 5) is 14.3. The fourth-order valence-corrected chi connectivity index (χ4v) is 3.18. The van der Waals surface area contributed by atoms with E-state index in [1.54, 1.807) is 0 Å². The topological polar surface area (TPSA) is 32.3 Å². The van der Waals surface area contributed by atoms with E-state index in [1.165, 1.54) is 22.4 Å². The Kier molecular flexibility index (Phi) is 5.12. The number of carbonyl (C=O) groups excluding carboxylic acids is 1. The van der Waals surface area contributed by atoms with Crippen LogP contribution in [0.15, 0.2) is 48.5 Å². The van der Waals surface area contributed by atoms with Gasteiger partial charge in [-0.25, -0.2) is 0 Å². The van der Waals surface area contributed by atoms with Gasteiger partial charge >= 0.3 is 0 Å². The van der Waals surface area contributed by atoms with Crippen molar-refractivity contribution in [1.29, 1.82) is 0 Å². The number of nitrogens with one attached hydrogen (secondary N) is 1. The fourth-order valence-electron chi connectivity index (χ4n) is 3.18. The Labute approximate surface area is 151 Å². The first-order valence-electron chi connectivity index (χ1n) is 9.12. The van der Waals surface area contributed by atoms with Gasteiger partial charge in [0.2, 0.25) is 5.91 Å². The van der Waals surface area contributed by atoms with E-state index < -0.39 is 0 Å². The number of nitrogens with zero attached hydrogens (tertiary/aromatic N) is 1. The van der Waals surface area contributed by atoms with Crippen LogP contribution in [0.25, 0.3) is 0 Å². The minimum atomic E-state index is -0.325. The Bertz CT molecular complexity index is 728. The van der Waals surface area contributed by atoms with Crippen molar-refractivity contribution in [3.8, 4) is 0 Å². The molecule has 0 spiro atoms. The van der Waals surface area contributed by atoms with Crippen LogP contribution in [0, 0.1) is 5.41 Å². The van der Waals surface area contributed by atoms with E-state index >= 15 is 0 Å². The van der Waals surface area contributed by atoms with Gasteiger partial charge in [-0.05, 0) is 41.7 Å². The first kappa shape index (κ1) is 17.5. The van der Waals surface area contributed by atoms with Crippen LogP contribution in [0.5, 0.6) is 0 Å². The highest BCUT2D eigenvalue weighted by Crippen LogP contribution is 2.24. The second kappa shape index (κ2) is 7.30. The summed E-state index contributed by atoms with van der Waals surface area (Å²) < 4.78 is 0. The molecule has 0 aliphatic carbocycles. The molecule has 0 radical (unpaired) electrons. The number of rotatable bonds is 4. The zero-order valence-electron chi connectivity index (χ0n) is 15.5. The second-order valence-electron chi connectivity index (χ2n) is 7.86. The van der Waals surface area contributed by atoms with Gasteiger partial charge in [-0.2, -0.15) is 0 Å². The maximum atomic E-state index is 11.9. The van der Waals surface area contributed by atoms with Crippen LogP contribution < -0.4 is 10.2 Å². The van der Waals surface area contributed by atoms with Crippen LogP contribution in [0.1, 0.15) is 37.5 Å². The number of hydrogen-bond acceptors (Lipinski definition) is 2. The first-order chi connectivity index (χ1) is 11.9. The van der Waals surface area contributed by atoms with Crippen molar-refractivity contribution in [2.24, 2.45) is 5.41 Å². The fraction of sp³-hybridized carbons (Fsp3) is 0.409. The average molecular weight is 336 g/mol. The maximum absolute atomic E-state index is 11.9. The summed E-state index contributed by atoms with van der Waals surface area (Å²) >= 11 is 0. The Morgan fingerprint density at radius 1 is 1.04 bits per heavy atom. The highest BCUT2D eigenvalue weighted by Gasteiger charge is 2.20. The maximum Gasteiger partial charge on any atom is 0.225 e. The van der Waals surface area contributed by atoms with Crippen LogP contribution >= 0.6 is 0 Å².